The Hall–Kier alpha value is -2.60. The second-order valence-corrected chi connectivity index (χ2v) is 6.69. The third kappa shape index (κ3) is 4.39. The molecule has 0 saturated heterocycles. The SMILES string of the molecule is CCOc1cccc(C(=O)N[C@@H](c2ccc(OC)c(F)c2)C2CC(O)C2)c1. The molecule has 6 heteroatoms. The van der Waals surface area contributed by atoms with Crippen LogP contribution in [0.4, 0.5) is 4.39 Å². The van der Waals surface area contributed by atoms with Gasteiger partial charge in [0.2, 0.25) is 0 Å². The maximum Gasteiger partial charge on any atom is 0.251 e. The summed E-state index contributed by atoms with van der Waals surface area (Å²) in [6.07, 6.45) is 0.758. The van der Waals surface area contributed by atoms with Crippen LogP contribution in [-0.2, 0) is 0 Å². The van der Waals surface area contributed by atoms with Crippen LogP contribution < -0.4 is 14.8 Å². The lowest BCUT2D eigenvalue weighted by molar-refractivity contribution is 0.0234. The number of halogens is 1. The highest BCUT2D eigenvalue weighted by Gasteiger charge is 2.36. The second-order valence-electron chi connectivity index (χ2n) is 6.69. The van der Waals surface area contributed by atoms with E-state index in [4.69, 9.17) is 9.47 Å². The summed E-state index contributed by atoms with van der Waals surface area (Å²) < 4.78 is 24.6. The molecule has 1 saturated carbocycles. The van der Waals surface area contributed by atoms with Crippen LogP contribution in [0.15, 0.2) is 42.5 Å². The molecule has 0 aromatic heterocycles. The summed E-state index contributed by atoms with van der Waals surface area (Å²) >= 11 is 0. The first-order valence-electron chi connectivity index (χ1n) is 9.07. The van der Waals surface area contributed by atoms with Crippen LogP contribution in [0.1, 0.15) is 41.7 Å². The standard InChI is InChI=1S/C21H24FNO4/c1-3-27-17-6-4-5-14(11-17)21(25)23-20(15-9-16(24)10-15)13-7-8-19(26-2)18(22)12-13/h4-8,11-12,15-16,20,24H,3,9-10H2,1-2H3,(H,23,25)/t15?,16?,20-/m0/s1. The summed E-state index contributed by atoms with van der Waals surface area (Å²) in [4.78, 5) is 12.8. The largest absolute Gasteiger partial charge is 0.494 e. The molecule has 0 aliphatic heterocycles. The molecular weight excluding hydrogens is 349 g/mol. The zero-order valence-corrected chi connectivity index (χ0v) is 15.4. The van der Waals surface area contributed by atoms with Gasteiger partial charge in [0.05, 0.1) is 25.9 Å². The van der Waals surface area contributed by atoms with Crippen molar-refractivity contribution in [3.63, 3.8) is 0 Å². The normalized spacial score (nSPS) is 19.7. The van der Waals surface area contributed by atoms with E-state index >= 15 is 0 Å². The lowest BCUT2D eigenvalue weighted by Crippen LogP contribution is -2.41. The number of benzene rings is 2. The third-order valence-corrected chi connectivity index (χ3v) is 4.85. The van der Waals surface area contributed by atoms with Gasteiger partial charge in [-0.05, 0) is 61.6 Å². The van der Waals surface area contributed by atoms with Gasteiger partial charge >= 0.3 is 0 Å². The second kappa shape index (κ2) is 8.39. The van der Waals surface area contributed by atoms with Gasteiger partial charge in [0.25, 0.3) is 5.91 Å². The van der Waals surface area contributed by atoms with Gasteiger partial charge in [-0.2, -0.15) is 0 Å². The van der Waals surface area contributed by atoms with E-state index in [1.165, 1.54) is 13.2 Å². The minimum Gasteiger partial charge on any atom is -0.494 e. The van der Waals surface area contributed by atoms with E-state index in [1.54, 1.807) is 36.4 Å². The van der Waals surface area contributed by atoms with Crippen molar-refractivity contribution in [2.75, 3.05) is 13.7 Å². The van der Waals surface area contributed by atoms with Gasteiger partial charge in [-0.1, -0.05) is 12.1 Å². The molecule has 0 bridgehead atoms. The Morgan fingerprint density at radius 3 is 2.70 bits per heavy atom. The number of carbonyl (C=O) groups is 1. The van der Waals surface area contributed by atoms with E-state index in [0.29, 0.717) is 36.3 Å². The number of aliphatic hydroxyl groups is 1. The first-order valence-corrected chi connectivity index (χ1v) is 9.07. The van der Waals surface area contributed by atoms with E-state index in [0.717, 1.165) is 0 Å². The third-order valence-electron chi connectivity index (χ3n) is 4.85. The Morgan fingerprint density at radius 2 is 2.07 bits per heavy atom. The maximum absolute atomic E-state index is 14.2. The molecule has 1 aliphatic rings. The topological polar surface area (TPSA) is 67.8 Å². The number of carbonyl (C=O) groups excluding carboxylic acids is 1. The van der Waals surface area contributed by atoms with Crippen LogP contribution in [0, 0.1) is 11.7 Å². The van der Waals surface area contributed by atoms with Gasteiger partial charge in [0.1, 0.15) is 5.75 Å². The summed E-state index contributed by atoms with van der Waals surface area (Å²) in [5, 5.41) is 12.7. The van der Waals surface area contributed by atoms with Crippen LogP contribution in [0.5, 0.6) is 11.5 Å². The average molecular weight is 373 g/mol. The van der Waals surface area contributed by atoms with Crippen LogP contribution in [0.2, 0.25) is 0 Å². The molecule has 144 valence electrons. The first-order chi connectivity index (χ1) is 13.0. The minimum atomic E-state index is -0.479. The van der Waals surface area contributed by atoms with E-state index in [1.807, 2.05) is 6.92 Å². The van der Waals surface area contributed by atoms with Crippen molar-refractivity contribution in [3.05, 3.63) is 59.4 Å². The monoisotopic (exact) mass is 373 g/mol. The van der Waals surface area contributed by atoms with E-state index in [-0.39, 0.29) is 23.7 Å². The van der Waals surface area contributed by atoms with Crippen LogP contribution in [0.25, 0.3) is 0 Å². The fourth-order valence-electron chi connectivity index (χ4n) is 3.37. The van der Waals surface area contributed by atoms with Gasteiger partial charge in [0.15, 0.2) is 11.6 Å². The number of aliphatic hydroxyl groups excluding tert-OH is 1. The number of amides is 1. The van der Waals surface area contributed by atoms with E-state index in [9.17, 15) is 14.3 Å². The summed E-state index contributed by atoms with van der Waals surface area (Å²) in [5.41, 5.74) is 1.12. The number of hydrogen-bond acceptors (Lipinski definition) is 4. The molecule has 2 N–H and O–H groups in total. The Balaban J connectivity index is 1.82. The van der Waals surface area contributed by atoms with Crippen molar-refractivity contribution >= 4 is 5.91 Å². The van der Waals surface area contributed by atoms with Crippen molar-refractivity contribution in [1.29, 1.82) is 0 Å². The number of nitrogens with one attached hydrogen (secondary N) is 1. The van der Waals surface area contributed by atoms with Gasteiger partial charge < -0.3 is 19.9 Å². The Bertz CT molecular complexity index is 805. The molecule has 1 aliphatic carbocycles. The lowest BCUT2D eigenvalue weighted by atomic mass is 9.75. The highest BCUT2D eigenvalue weighted by molar-refractivity contribution is 5.94. The summed E-state index contributed by atoms with van der Waals surface area (Å²) in [7, 11) is 1.41. The Labute approximate surface area is 158 Å². The summed E-state index contributed by atoms with van der Waals surface area (Å²) in [5.74, 6) is 0.0802. The Morgan fingerprint density at radius 1 is 1.30 bits per heavy atom. The highest BCUT2D eigenvalue weighted by Crippen LogP contribution is 2.39. The molecule has 0 spiro atoms. The molecule has 0 radical (unpaired) electrons. The molecule has 0 heterocycles. The van der Waals surface area contributed by atoms with Crippen molar-refractivity contribution in [2.45, 2.75) is 31.9 Å². The fraction of sp³-hybridized carbons (Fsp3) is 0.381. The van der Waals surface area contributed by atoms with E-state index in [2.05, 4.69) is 5.32 Å². The molecule has 0 unspecified atom stereocenters. The first kappa shape index (κ1) is 19.2. The van der Waals surface area contributed by atoms with Gasteiger partial charge in [0, 0.05) is 5.56 Å². The quantitative estimate of drug-likeness (QED) is 0.780. The molecular formula is C21H24FNO4. The van der Waals surface area contributed by atoms with Gasteiger partial charge in [-0.3, -0.25) is 4.79 Å². The Kier molecular flexibility index (Phi) is 5.96. The molecule has 5 nitrogen and oxygen atoms in total. The highest BCUT2D eigenvalue weighted by atomic mass is 19.1. The summed E-state index contributed by atoms with van der Waals surface area (Å²) in [6.45, 7) is 2.39. The van der Waals surface area contributed by atoms with E-state index < -0.39 is 11.9 Å². The van der Waals surface area contributed by atoms with Gasteiger partial charge in [-0.25, -0.2) is 4.39 Å². The average Bonchev–Trinajstić information content (AvgIpc) is 2.64. The zero-order valence-electron chi connectivity index (χ0n) is 15.4. The molecule has 2 aromatic carbocycles. The number of hydrogen-bond donors (Lipinski definition) is 2. The van der Waals surface area contributed by atoms with Crippen molar-refractivity contribution in [1.82, 2.24) is 5.32 Å². The van der Waals surface area contributed by atoms with Crippen molar-refractivity contribution in [2.24, 2.45) is 5.92 Å². The zero-order chi connectivity index (χ0) is 19.4. The predicted molar refractivity (Wildman–Crippen MR) is 99.5 cm³/mol. The van der Waals surface area contributed by atoms with Crippen molar-refractivity contribution in [3.8, 4) is 11.5 Å². The summed E-state index contributed by atoms with van der Waals surface area (Å²) in [6, 6.07) is 11.2. The maximum atomic E-state index is 14.2. The predicted octanol–water partition coefficient (Wildman–Crippen LogP) is 3.48. The molecule has 2 aromatic rings. The molecule has 3 rings (SSSR count). The van der Waals surface area contributed by atoms with Gasteiger partial charge in [-0.15, -0.1) is 0 Å². The number of ether oxygens (including phenoxy) is 2. The fourth-order valence-corrected chi connectivity index (χ4v) is 3.37. The molecule has 1 fully saturated rings. The molecule has 1 atom stereocenters. The lowest BCUT2D eigenvalue weighted by Gasteiger charge is -2.38. The van der Waals surface area contributed by atoms with Crippen LogP contribution in [0.3, 0.4) is 0 Å². The van der Waals surface area contributed by atoms with Crippen LogP contribution >= 0.6 is 0 Å². The number of rotatable bonds is 7. The van der Waals surface area contributed by atoms with Crippen molar-refractivity contribution < 1.29 is 23.8 Å². The molecule has 27 heavy (non-hydrogen) atoms. The number of methoxy groups -OCH3 is 1. The smallest absolute Gasteiger partial charge is 0.251 e. The van der Waals surface area contributed by atoms with Crippen LogP contribution in [-0.4, -0.2) is 30.8 Å². The minimum absolute atomic E-state index is 0.0480. The molecule has 1 amide bonds.